The van der Waals surface area contributed by atoms with Crippen LogP contribution in [0, 0.1) is 10.1 Å². The van der Waals surface area contributed by atoms with Crippen LogP contribution < -0.4 is 5.32 Å². The summed E-state index contributed by atoms with van der Waals surface area (Å²) in [7, 11) is 1.80. The molecule has 0 radical (unpaired) electrons. The molecule has 0 saturated carbocycles. The van der Waals surface area contributed by atoms with Crippen molar-refractivity contribution < 1.29 is 9.72 Å². The normalized spacial score (nSPS) is 19.7. The van der Waals surface area contributed by atoms with Gasteiger partial charge in [0.1, 0.15) is 0 Å². The number of nitrogens with one attached hydrogen (secondary N) is 1. The molecule has 1 aliphatic rings. The molecule has 1 aromatic rings. The Morgan fingerprint density at radius 1 is 1.39 bits per heavy atom. The first kappa shape index (κ1) is 12.3. The summed E-state index contributed by atoms with van der Waals surface area (Å²) in [4.78, 5) is 23.3. The number of nitrogens with zero attached hydrogens (tertiary/aromatic N) is 2. The van der Waals surface area contributed by atoms with Crippen molar-refractivity contribution >= 4 is 17.3 Å². The Morgan fingerprint density at radius 2 is 2.06 bits per heavy atom. The predicted molar refractivity (Wildman–Crippen MR) is 67.4 cm³/mol. The van der Waals surface area contributed by atoms with E-state index in [1.807, 2.05) is 0 Å². The monoisotopic (exact) mass is 249 g/mol. The van der Waals surface area contributed by atoms with Gasteiger partial charge in [-0.2, -0.15) is 0 Å². The summed E-state index contributed by atoms with van der Waals surface area (Å²) in [5.41, 5.74) is 0.878. The average molecular weight is 249 g/mol. The molecule has 18 heavy (non-hydrogen) atoms. The molecule has 1 amide bonds. The lowest BCUT2D eigenvalue weighted by atomic mass is 10.0. The zero-order valence-corrected chi connectivity index (χ0v) is 10.1. The van der Waals surface area contributed by atoms with Gasteiger partial charge in [0, 0.05) is 43.9 Å². The van der Waals surface area contributed by atoms with E-state index in [0.717, 1.165) is 18.7 Å². The fourth-order valence-corrected chi connectivity index (χ4v) is 1.98. The van der Waals surface area contributed by atoms with Gasteiger partial charge in [-0.05, 0) is 18.6 Å². The SMILES string of the molecule is CN1CCC(Nc2ccc([N+](=O)[O-])cc2)CC1=O. The van der Waals surface area contributed by atoms with E-state index in [1.54, 1.807) is 24.1 Å². The number of rotatable bonds is 3. The second kappa shape index (κ2) is 5.03. The molecule has 1 atom stereocenters. The van der Waals surface area contributed by atoms with E-state index in [9.17, 15) is 14.9 Å². The van der Waals surface area contributed by atoms with E-state index in [4.69, 9.17) is 0 Å². The second-order valence-corrected chi connectivity index (χ2v) is 4.45. The van der Waals surface area contributed by atoms with Crippen LogP contribution in [-0.4, -0.2) is 35.4 Å². The van der Waals surface area contributed by atoms with E-state index in [0.29, 0.717) is 6.42 Å². The zero-order chi connectivity index (χ0) is 13.1. The van der Waals surface area contributed by atoms with Gasteiger partial charge in [0.15, 0.2) is 0 Å². The summed E-state index contributed by atoms with van der Waals surface area (Å²) < 4.78 is 0. The molecule has 96 valence electrons. The third-order valence-corrected chi connectivity index (χ3v) is 3.11. The van der Waals surface area contributed by atoms with Gasteiger partial charge in [-0.25, -0.2) is 0 Å². The topological polar surface area (TPSA) is 75.5 Å². The summed E-state index contributed by atoms with van der Waals surface area (Å²) in [6, 6.07) is 6.36. The lowest BCUT2D eigenvalue weighted by molar-refractivity contribution is -0.384. The second-order valence-electron chi connectivity index (χ2n) is 4.45. The van der Waals surface area contributed by atoms with Gasteiger partial charge in [-0.3, -0.25) is 14.9 Å². The van der Waals surface area contributed by atoms with Crippen LogP contribution in [0.15, 0.2) is 24.3 Å². The number of non-ortho nitro benzene ring substituents is 1. The van der Waals surface area contributed by atoms with E-state index in [-0.39, 0.29) is 17.6 Å². The standard InChI is InChI=1S/C12H15N3O3/c1-14-7-6-10(8-12(14)16)13-9-2-4-11(5-3-9)15(17)18/h2-5,10,13H,6-8H2,1H3. The highest BCUT2D eigenvalue weighted by atomic mass is 16.6. The number of hydrogen-bond donors (Lipinski definition) is 1. The van der Waals surface area contributed by atoms with Gasteiger partial charge in [0.25, 0.3) is 5.69 Å². The summed E-state index contributed by atoms with van der Waals surface area (Å²) in [6.45, 7) is 0.740. The lowest BCUT2D eigenvalue weighted by Gasteiger charge is -2.29. The Labute approximate surface area is 105 Å². The van der Waals surface area contributed by atoms with Crippen LogP contribution in [-0.2, 0) is 4.79 Å². The maximum Gasteiger partial charge on any atom is 0.269 e. The van der Waals surface area contributed by atoms with Gasteiger partial charge >= 0.3 is 0 Å². The molecule has 2 rings (SSSR count). The Hall–Kier alpha value is -2.11. The molecule has 1 fully saturated rings. The molecule has 1 heterocycles. The van der Waals surface area contributed by atoms with Crippen molar-refractivity contribution in [2.24, 2.45) is 0 Å². The first-order valence-corrected chi connectivity index (χ1v) is 5.81. The minimum atomic E-state index is -0.428. The molecule has 6 heteroatoms. The van der Waals surface area contributed by atoms with Crippen molar-refractivity contribution in [1.82, 2.24) is 4.90 Å². The van der Waals surface area contributed by atoms with E-state index in [2.05, 4.69) is 5.32 Å². The average Bonchev–Trinajstić information content (AvgIpc) is 2.34. The lowest BCUT2D eigenvalue weighted by Crippen LogP contribution is -2.40. The van der Waals surface area contributed by atoms with Crippen molar-refractivity contribution in [3.8, 4) is 0 Å². The Kier molecular flexibility index (Phi) is 3.45. The summed E-state index contributed by atoms with van der Waals surface area (Å²) in [5, 5.41) is 13.7. The molecule has 0 aliphatic carbocycles. The number of benzene rings is 1. The Balaban J connectivity index is 1.97. The van der Waals surface area contributed by atoms with Crippen molar-refractivity contribution in [1.29, 1.82) is 0 Å². The molecule has 1 aliphatic heterocycles. The number of hydrogen-bond acceptors (Lipinski definition) is 4. The third kappa shape index (κ3) is 2.77. The maximum absolute atomic E-state index is 11.5. The summed E-state index contributed by atoms with van der Waals surface area (Å²) in [6.07, 6.45) is 1.35. The number of nitro benzene ring substituents is 1. The van der Waals surface area contributed by atoms with Crippen LogP contribution >= 0.6 is 0 Å². The number of amides is 1. The fourth-order valence-electron chi connectivity index (χ4n) is 1.98. The maximum atomic E-state index is 11.5. The van der Waals surface area contributed by atoms with Crippen molar-refractivity contribution in [2.75, 3.05) is 18.9 Å². The van der Waals surface area contributed by atoms with Crippen molar-refractivity contribution in [2.45, 2.75) is 18.9 Å². The van der Waals surface area contributed by atoms with Crippen LogP contribution in [0.4, 0.5) is 11.4 Å². The molecule has 6 nitrogen and oxygen atoms in total. The van der Waals surface area contributed by atoms with Crippen LogP contribution in [0.2, 0.25) is 0 Å². The molecule has 1 N–H and O–H groups in total. The molecule has 1 saturated heterocycles. The smallest absolute Gasteiger partial charge is 0.269 e. The quantitative estimate of drug-likeness (QED) is 0.652. The van der Waals surface area contributed by atoms with Gasteiger partial charge in [-0.1, -0.05) is 0 Å². The molecule has 1 aromatic carbocycles. The van der Waals surface area contributed by atoms with Gasteiger partial charge in [0.2, 0.25) is 5.91 Å². The summed E-state index contributed by atoms with van der Waals surface area (Å²) >= 11 is 0. The number of nitro groups is 1. The van der Waals surface area contributed by atoms with Crippen molar-refractivity contribution in [3.63, 3.8) is 0 Å². The number of anilines is 1. The van der Waals surface area contributed by atoms with Crippen LogP contribution in [0.3, 0.4) is 0 Å². The van der Waals surface area contributed by atoms with Crippen LogP contribution in [0.25, 0.3) is 0 Å². The Morgan fingerprint density at radius 3 is 2.61 bits per heavy atom. The van der Waals surface area contributed by atoms with E-state index >= 15 is 0 Å². The largest absolute Gasteiger partial charge is 0.382 e. The minimum absolute atomic E-state index is 0.0694. The molecule has 0 aromatic heterocycles. The highest BCUT2D eigenvalue weighted by Crippen LogP contribution is 2.19. The fraction of sp³-hybridized carbons (Fsp3) is 0.417. The molecular formula is C12H15N3O3. The first-order chi connectivity index (χ1) is 8.56. The van der Waals surface area contributed by atoms with Gasteiger partial charge in [-0.15, -0.1) is 0 Å². The first-order valence-electron chi connectivity index (χ1n) is 5.81. The molecular weight excluding hydrogens is 234 g/mol. The van der Waals surface area contributed by atoms with E-state index in [1.165, 1.54) is 12.1 Å². The number of carbonyl (C=O) groups excluding carboxylic acids is 1. The van der Waals surface area contributed by atoms with Crippen molar-refractivity contribution in [3.05, 3.63) is 34.4 Å². The third-order valence-electron chi connectivity index (χ3n) is 3.11. The summed E-state index contributed by atoms with van der Waals surface area (Å²) in [5.74, 6) is 0.126. The predicted octanol–water partition coefficient (Wildman–Crippen LogP) is 1.63. The number of piperidine rings is 1. The van der Waals surface area contributed by atoms with Crippen LogP contribution in [0.5, 0.6) is 0 Å². The zero-order valence-electron chi connectivity index (χ0n) is 10.1. The Bertz CT molecular complexity index is 458. The van der Waals surface area contributed by atoms with Gasteiger partial charge in [0.05, 0.1) is 4.92 Å². The molecule has 0 spiro atoms. The highest BCUT2D eigenvalue weighted by molar-refractivity contribution is 5.78. The van der Waals surface area contributed by atoms with Crippen LogP contribution in [0.1, 0.15) is 12.8 Å². The molecule has 1 unspecified atom stereocenters. The minimum Gasteiger partial charge on any atom is -0.382 e. The number of likely N-dealkylation sites (tertiary alicyclic amines) is 1. The number of carbonyl (C=O) groups is 1. The highest BCUT2D eigenvalue weighted by Gasteiger charge is 2.22. The molecule has 0 bridgehead atoms. The van der Waals surface area contributed by atoms with E-state index < -0.39 is 4.92 Å². The van der Waals surface area contributed by atoms with Gasteiger partial charge < -0.3 is 10.2 Å².